The normalized spacial score (nSPS) is 28.5. The molecule has 1 aromatic rings. The minimum absolute atomic E-state index is 0.0380. The van der Waals surface area contributed by atoms with Gasteiger partial charge in [0.15, 0.2) is 17.3 Å². The number of esters is 1. The minimum atomic E-state index is -1.13. The monoisotopic (exact) mass is 484 g/mol. The lowest BCUT2D eigenvalue weighted by Crippen LogP contribution is -2.46. The van der Waals surface area contributed by atoms with Crippen LogP contribution in [0.1, 0.15) is 57.8 Å². The highest BCUT2D eigenvalue weighted by molar-refractivity contribution is 6.08. The van der Waals surface area contributed by atoms with Crippen LogP contribution < -0.4 is 14.2 Å². The average molecular weight is 485 g/mol. The van der Waals surface area contributed by atoms with Crippen LogP contribution in [0.15, 0.2) is 29.2 Å². The Morgan fingerprint density at radius 1 is 1.14 bits per heavy atom. The first-order valence-corrected chi connectivity index (χ1v) is 12.1. The van der Waals surface area contributed by atoms with Crippen molar-refractivity contribution in [3.63, 3.8) is 0 Å². The largest absolute Gasteiger partial charge is 0.493 e. The van der Waals surface area contributed by atoms with Crippen LogP contribution in [-0.2, 0) is 29.2 Å². The Hall–Kier alpha value is -3.16. The molecule has 2 aliphatic heterocycles. The molecule has 35 heavy (non-hydrogen) atoms. The number of carbonyl (C=O) groups is 2. The lowest BCUT2D eigenvalue weighted by Gasteiger charge is -2.41. The summed E-state index contributed by atoms with van der Waals surface area (Å²) in [4.78, 5) is 27.1. The first-order chi connectivity index (χ1) is 16.7. The maximum absolute atomic E-state index is 14.2. The van der Waals surface area contributed by atoms with Crippen molar-refractivity contribution in [2.24, 2.45) is 17.8 Å². The topological polar surface area (TPSA) is 89.5 Å². The molecule has 0 saturated carbocycles. The van der Waals surface area contributed by atoms with Crippen molar-refractivity contribution in [1.29, 1.82) is 0 Å². The SMILES string of the molecule is COC1=C(OC)C(=O)C23COc4c5c(cc(c42)[C@H](OC(=O)CC(C)C)[C@H](C)[C@H](C)CC3=C1)OCO5. The number of hydrogen-bond donors (Lipinski definition) is 0. The molecular weight excluding hydrogens is 452 g/mol. The van der Waals surface area contributed by atoms with Gasteiger partial charge in [-0.1, -0.05) is 27.7 Å². The van der Waals surface area contributed by atoms with Gasteiger partial charge in [-0.15, -0.1) is 0 Å². The number of allylic oxidation sites excluding steroid dienone is 2. The third-order valence-corrected chi connectivity index (χ3v) is 7.66. The molecule has 8 nitrogen and oxygen atoms in total. The number of hydrogen-bond acceptors (Lipinski definition) is 8. The Balaban J connectivity index is 1.77. The summed E-state index contributed by atoms with van der Waals surface area (Å²) < 4.78 is 34.9. The summed E-state index contributed by atoms with van der Waals surface area (Å²) in [5.41, 5.74) is 1.15. The zero-order valence-corrected chi connectivity index (χ0v) is 21.1. The van der Waals surface area contributed by atoms with Gasteiger partial charge in [-0.3, -0.25) is 9.59 Å². The second kappa shape index (κ2) is 8.50. The van der Waals surface area contributed by atoms with E-state index in [0.717, 1.165) is 5.57 Å². The third-order valence-electron chi connectivity index (χ3n) is 7.66. The van der Waals surface area contributed by atoms with Crippen molar-refractivity contribution in [3.8, 4) is 17.2 Å². The van der Waals surface area contributed by atoms with Gasteiger partial charge in [0.25, 0.3) is 0 Å². The molecule has 4 aliphatic rings. The van der Waals surface area contributed by atoms with Gasteiger partial charge in [-0.05, 0) is 36.0 Å². The van der Waals surface area contributed by atoms with Crippen molar-refractivity contribution in [2.75, 3.05) is 27.6 Å². The van der Waals surface area contributed by atoms with E-state index in [0.29, 0.717) is 47.0 Å². The molecule has 0 fully saturated rings. The lowest BCUT2D eigenvalue weighted by molar-refractivity contribution is -0.154. The summed E-state index contributed by atoms with van der Waals surface area (Å²) in [5, 5.41) is 0. The molecule has 0 amide bonds. The number of rotatable bonds is 5. The average Bonchev–Trinajstić information content (AvgIpc) is 3.44. The summed E-state index contributed by atoms with van der Waals surface area (Å²) in [5.74, 6) is 1.72. The molecule has 8 heteroatoms. The Kier molecular flexibility index (Phi) is 5.73. The summed E-state index contributed by atoms with van der Waals surface area (Å²) in [6.07, 6.45) is 2.24. The zero-order valence-electron chi connectivity index (χ0n) is 21.1. The minimum Gasteiger partial charge on any atom is -0.493 e. The number of Topliss-reactive ketones (excluding diaryl/α,β-unsaturated/α-hetero) is 1. The van der Waals surface area contributed by atoms with Gasteiger partial charge in [-0.25, -0.2) is 0 Å². The molecule has 0 radical (unpaired) electrons. The van der Waals surface area contributed by atoms with E-state index in [2.05, 4.69) is 13.8 Å². The van der Waals surface area contributed by atoms with Gasteiger partial charge in [0.1, 0.15) is 18.1 Å². The predicted molar refractivity (Wildman–Crippen MR) is 125 cm³/mol. The fourth-order valence-corrected chi connectivity index (χ4v) is 5.70. The van der Waals surface area contributed by atoms with Crippen molar-refractivity contribution >= 4 is 11.8 Å². The number of carbonyl (C=O) groups excluding carboxylic acids is 2. The fourth-order valence-electron chi connectivity index (χ4n) is 5.70. The molecule has 0 bridgehead atoms. The second-order valence-electron chi connectivity index (χ2n) is 10.2. The van der Waals surface area contributed by atoms with Gasteiger partial charge < -0.3 is 28.4 Å². The van der Waals surface area contributed by atoms with E-state index in [1.54, 1.807) is 0 Å². The van der Waals surface area contributed by atoms with Crippen LogP contribution in [0.5, 0.6) is 17.2 Å². The molecule has 0 N–H and O–H groups in total. The molecule has 0 aromatic heterocycles. The number of ketones is 1. The molecule has 2 heterocycles. The van der Waals surface area contributed by atoms with Gasteiger partial charge in [0, 0.05) is 23.5 Å². The molecule has 0 saturated heterocycles. The summed E-state index contributed by atoms with van der Waals surface area (Å²) in [6, 6.07) is 1.85. The van der Waals surface area contributed by atoms with Crippen LogP contribution in [0.2, 0.25) is 0 Å². The number of fused-ring (bicyclic) bond motifs is 2. The molecular formula is C27H32O8. The summed E-state index contributed by atoms with van der Waals surface area (Å²) >= 11 is 0. The smallest absolute Gasteiger partial charge is 0.306 e. The highest BCUT2D eigenvalue weighted by Gasteiger charge is 2.59. The van der Waals surface area contributed by atoms with Crippen LogP contribution in [0.4, 0.5) is 0 Å². The summed E-state index contributed by atoms with van der Waals surface area (Å²) in [7, 11) is 2.99. The van der Waals surface area contributed by atoms with Crippen molar-refractivity contribution in [2.45, 2.75) is 52.1 Å². The van der Waals surface area contributed by atoms with E-state index in [9.17, 15) is 9.59 Å². The number of methoxy groups -OCH3 is 2. The zero-order chi connectivity index (χ0) is 25.1. The van der Waals surface area contributed by atoms with E-state index in [1.165, 1.54) is 14.2 Å². The highest BCUT2D eigenvalue weighted by Crippen LogP contribution is 2.61. The van der Waals surface area contributed by atoms with E-state index in [-0.39, 0.29) is 48.7 Å². The van der Waals surface area contributed by atoms with E-state index < -0.39 is 11.5 Å². The quantitative estimate of drug-likeness (QED) is 0.570. The van der Waals surface area contributed by atoms with Crippen molar-refractivity contribution in [1.82, 2.24) is 0 Å². The van der Waals surface area contributed by atoms with E-state index >= 15 is 0 Å². The van der Waals surface area contributed by atoms with Gasteiger partial charge >= 0.3 is 5.97 Å². The maximum atomic E-state index is 14.2. The molecule has 5 rings (SSSR count). The Bertz CT molecular complexity index is 1150. The van der Waals surface area contributed by atoms with Gasteiger partial charge in [0.05, 0.1) is 14.2 Å². The van der Waals surface area contributed by atoms with E-state index in [1.807, 2.05) is 26.0 Å². The first-order valence-electron chi connectivity index (χ1n) is 12.1. The van der Waals surface area contributed by atoms with Crippen LogP contribution >= 0.6 is 0 Å². The molecule has 188 valence electrons. The van der Waals surface area contributed by atoms with Crippen molar-refractivity contribution < 1.29 is 38.0 Å². The summed E-state index contributed by atoms with van der Waals surface area (Å²) in [6.45, 7) is 8.31. The van der Waals surface area contributed by atoms with Crippen LogP contribution in [0.3, 0.4) is 0 Å². The van der Waals surface area contributed by atoms with E-state index in [4.69, 9.17) is 28.4 Å². The van der Waals surface area contributed by atoms with Gasteiger partial charge in [-0.2, -0.15) is 0 Å². The van der Waals surface area contributed by atoms with Crippen molar-refractivity contribution in [3.05, 3.63) is 40.4 Å². The number of ether oxygens (including phenoxy) is 6. The molecule has 1 aromatic carbocycles. The Morgan fingerprint density at radius 3 is 2.60 bits per heavy atom. The Morgan fingerprint density at radius 2 is 1.91 bits per heavy atom. The van der Waals surface area contributed by atoms with Crippen LogP contribution in [-0.4, -0.2) is 39.4 Å². The highest BCUT2D eigenvalue weighted by atomic mass is 16.7. The second-order valence-corrected chi connectivity index (χ2v) is 10.2. The standard InChI is InChI=1S/C27H32O8/c1-13(2)7-20(28)35-22-15(4)14(3)8-16-9-18(30-5)24(31-6)26(29)27(16)11-32-25-21(27)17(22)10-19-23(25)34-12-33-19/h9-10,13-15,22H,7-8,11-12H2,1-6H3/t14-,15-,22-,27?/m1/s1. The molecule has 1 unspecified atom stereocenters. The lowest BCUT2D eigenvalue weighted by atomic mass is 9.62. The van der Waals surface area contributed by atoms with Crippen LogP contribution in [0.25, 0.3) is 0 Å². The predicted octanol–water partition coefficient (Wildman–Crippen LogP) is 4.37. The van der Waals surface area contributed by atoms with Gasteiger partial charge in [0.2, 0.25) is 24.1 Å². The molecule has 2 aliphatic carbocycles. The third kappa shape index (κ3) is 3.40. The van der Waals surface area contributed by atoms with Crippen LogP contribution in [0, 0.1) is 17.8 Å². The molecule has 4 atom stereocenters. The maximum Gasteiger partial charge on any atom is 0.306 e. The fraction of sp³-hybridized carbons (Fsp3) is 0.556. The number of benzene rings is 1. The first kappa shape index (κ1) is 23.6. The molecule has 1 spiro atoms. The Labute approximate surface area is 205 Å².